The van der Waals surface area contributed by atoms with E-state index in [-0.39, 0.29) is 29.4 Å². The predicted molar refractivity (Wildman–Crippen MR) is 96.6 cm³/mol. The molecule has 0 bridgehead atoms. The third kappa shape index (κ3) is 3.85. The van der Waals surface area contributed by atoms with Crippen LogP contribution in [0.1, 0.15) is 28.8 Å². The molecule has 138 valence electrons. The zero-order valence-corrected chi connectivity index (χ0v) is 15.0. The molecule has 0 spiro atoms. The molecular weight excluding hydrogens is 335 g/mol. The highest BCUT2D eigenvalue weighted by molar-refractivity contribution is 5.94. The standard InChI is InChI=1S/C20H23FN2O3/c1-22-11-9-15(13-19(22)24)20(25)23-10-3-4-18(26-2)17(23)12-14-5-7-16(21)8-6-14/h5-9,11,13,17-18H,3-4,10,12H2,1-2H3/t17-,18-/m0/s1. The number of amides is 1. The van der Waals surface area contributed by atoms with Crippen LogP contribution in [0.25, 0.3) is 0 Å². The van der Waals surface area contributed by atoms with Crippen LogP contribution in [0.15, 0.2) is 47.4 Å². The van der Waals surface area contributed by atoms with Gasteiger partial charge in [-0.1, -0.05) is 12.1 Å². The summed E-state index contributed by atoms with van der Waals surface area (Å²) in [4.78, 5) is 26.7. The lowest BCUT2D eigenvalue weighted by Crippen LogP contribution is -2.52. The minimum Gasteiger partial charge on any atom is -0.379 e. The van der Waals surface area contributed by atoms with E-state index < -0.39 is 0 Å². The first kappa shape index (κ1) is 18.3. The van der Waals surface area contributed by atoms with Gasteiger partial charge in [0.1, 0.15) is 5.82 Å². The van der Waals surface area contributed by atoms with Gasteiger partial charge in [0.05, 0.1) is 12.1 Å². The first-order chi connectivity index (χ1) is 12.5. The van der Waals surface area contributed by atoms with Gasteiger partial charge in [0.2, 0.25) is 0 Å². The maximum absolute atomic E-state index is 13.2. The number of rotatable bonds is 4. The first-order valence-electron chi connectivity index (χ1n) is 8.74. The molecule has 1 aromatic heterocycles. The number of benzene rings is 1. The third-order valence-corrected chi connectivity index (χ3v) is 4.99. The molecule has 2 heterocycles. The van der Waals surface area contributed by atoms with E-state index in [9.17, 15) is 14.0 Å². The van der Waals surface area contributed by atoms with Crippen molar-refractivity contribution in [3.63, 3.8) is 0 Å². The second-order valence-electron chi connectivity index (χ2n) is 6.68. The third-order valence-electron chi connectivity index (χ3n) is 4.99. The van der Waals surface area contributed by atoms with Crippen molar-refractivity contribution in [1.82, 2.24) is 9.47 Å². The number of carbonyl (C=O) groups is 1. The number of hydrogen-bond acceptors (Lipinski definition) is 3. The van der Waals surface area contributed by atoms with Crippen molar-refractivity contribution < 1.29 is 13.9 Å². The van der Waals surface area contributed by atoms with Crippen LogP contribution in [-0.2, 0) is 18.2 Å². The van der Waals surface area contributed by atoms with Crippen molar-refractivity contribution in [2.24, 2.45) is 7.05 Å². The number of aryl methyl sites for hydroxylation is 1. The molecule has 2 atom stereocenters. The van der Waals surface area contributed by atoms with Gasteiger partial charge in [0.15, 0.2) is 0 Å². The van der Waals surface area contributed by atoms with Crippen LogP contribution in [0.5, 0.6) is 0 Å². The molecule has 1 aromatic carbocycles. The van der Waals surface area contributed by atoms with E-state index >= 15 is 0 Å². The minimum absolute atomic E-state index is 0.0932. The molecule has 2 aromatic rings. The summed E-state index contributed by atoms with van der Waals surface area (Å²) in [6.07, 6.45) is 3.79. The molecule has 1 amide bonds. The van der Waals surface area contributed by atoms with Crippen LogP contribution >= 0.6 is 0 Å². The molecular formula is C20H23FN2O3. The fraction of sp³-hybridized carbons (Fsp3) is 0.400. The van der Waals surface area contributed by atoms with E-state index in [1.54, 1.807) is 43.5 Å². The van der Waals surface area contributed by atoms with Gasteiger partial charge >= 0.3 is 0 Å². The van der Waals surface area contributed by atoms with Crippen molar-refractivity contribution >= 4 is 5.91 Å². The van der Waals surface area contributed by atoms with Gasteiger partial charge < -0.3 is 14.2 Å². The van der Waals surface area contributed by atoms with Crippen molar-refractivity contribution in [1.29, 1.82) is 0 Å². The summed E-state index contributed by atoms with van der Waals surface area (Å²) < 4.78 is 20.2. The number of piperidine rings is 1. The molecule has 1 fully saturated rings. The summed E-state index contributed by atoms with van der Waals surface area (Å²) in [5, 5.41) is 0. The van der Waals surface area contributed by atoms with E-state index in [2.05, 4.69) is 0 Å². The number of hydrogen-bond donors (Lipinski definition) is 0. The summed E-state index contributed by atoms with van der Waals surface area (Å²) in [6, 6.07) is 9.19. The molecule has 0 unspecified atom stereocenters. The largest absolute Gasteiger partial charge is 0.379 e. The van der Waals surface area contributed by atoms with E-state index in [1.165, 1.54) is 22.8 Å². The zero-order valence-electron chi connectivity index (χ0n) is 15.0. The van der Waals surface area contributed by atoms with Gasteiger partial charge in [-0.25, -0.2) is 4.39 Å². The Morgan fingerprint density at radius 1 is 1.27 bits per heavy atom. The maximum Gasteiger partial charge on any atom is 0.254 e. The van der Waals surface area contributed by atoms with E-state index in [4.69, 9.17) is 4.74 Å². The van der Waals surface area contributed by atoms with Crippen molar-refractivity contribution in [2.45, 2.75) is 31.4 Å². The summed E-state index contributed by atoms with van der Waals surface area (Å²) in [6.45, 7) is 0.611. The molecule has 5 nitrogen and oxygen atoms in total. The number of aromatic nitrogens is 1. The molecule has 1 aliphatic heterocycles. The van der Waals surface area contributed by atoms with Crippen LogP contribution in [0.4, 0.5) is 4.39 Å². The average molecular weight is 358 g/mol. The van der Waals surface area contributed by atoms with Gasteiger partial charge in [-0.05, 0) is 43.0 Å². The van der Waals surface area contributed by atoms with Gasteiger partial charge in [-0.2, -0.15) is 0 Å². The van der Waals surface area contributed by atoms with Crippen molar-refractivity contribution in [3.05, 3.63) is 69.9 Å². The molecule has 26 heavy (non-hydrogen) atoms. The number of methoxy groups -OCH3 is 1. The van der Waals surface area contributed by atoms with Gasteiger partial charge in [0.25, 0.3) is 11.5 Å². The van der Waals surface area contributed by atoms with E-state index in [1.807, 2.05) is 0 Å². The highest BCUT2D eigenvalue weighted by Crippen LogP contribution is 2.25. The zero-order chi connectivity index (χ0) is 18.7. The summed E-state index contributed by atoms with van der Waals surface area (Å²) in [5.41, 5.74) is 1.11. The van der Waals surface area contributed by atoms with Crippen LogP contribution in [-0.4, -0.2) is 41.2 Å². The summed E-state index contributed by atoms with van der Waals surface area (Å²) in [5.74, 6) is -0.453. The molecule has 3 rings (SSSR count). The van der Waals surface area contributed by atoms with Crippen LogP contribution < -0.4 is 5.56 Å². The Labute approximate surface area is 152 Å². The van der Waals surface area contributed by atoms with Gasteiger partial charge in [0, 0.05) is 38.5 Å². The minimum atomic E-state index is -0.284. The number of ether oxygens (including phenoxy) is 1. The Kier molecular flexibility index (Phi) is 5.52. The predicted octanol–water partition coefficient (Wildman–Crippen LogP) is 2.39. The highest BCUT2D eigenvalue weighted by atomic mass is 19.1. The van der Waals surface area contributed by atoms with Crippen LogP contribution in [0, 0.1) is 5.82 Å². The van der Waals surface area contributed by atoms with Crippen LogP contribution in [0.2, 0.25) is 0 Å². The number of halogens is 1. The monoisotopic (exact) mass is 358 g/mol. The second kappa shape index (κ2) is 7.83. The number of nitrogens with zero attached hydrogens (tertiary/aromatic N) is 2. The van der Waals surface area contributed by atoms with Crippen molar-refractivity contribution in [2.75, 3.05) is 13.7 Å². The molecule has 0 radical (unpaired) electrons. The second-order valence-corrected chi connectivity index (χ2v) is 6.68. The average Bonchev–Trinajstić information content (AvgIpc) is 2.65. The first-order valence-corrected chi connectivity index (χ1v) is 8.74. The SMILES string of the molecule is CO[C@H]1CCCN(C(=O)c2ccn(C)c(=O)c2)[C@H]1Cc1ccc(F)cc1. The van der Waals surface area contributed by atoms with Gasteiger partial charge in [-0.15, -0.1) is 0 Å². The molecule has 0 saturated carbocycles. The van der Waals surface area contributed by atoms with Gasteiger partial charge in [-0.3, -0.25) is 9.59 Å². The fourth-order valence-electron chi connectivity index (χ4n) is 3.50. The van der Waals surface area contributed by atoms with E-state index in [0.717, 1.165) is 18.4 Å². The Bertz CT molecular complexity index is 832. The lowest BCUT2D eigenvalue weighted by molar-refractivity contribution is -0.0117. The number of pyridine rings is 1. The normalized spacial score (nSPS) is 20.2. The highest BCUT2D eigenvalue weighted by Gasteiger charge is 2.35. The Hall–Kier alpha value is -2.47. The molecule has 6 heteroatoms. The lowest BCUT2D eigenvalue weighted by atomic mass is 9.92. The Balaban J connectivity index is 1.88. The quantitative estimate of drug-likeness (QED) is 0.843. The topological polar surface area (TPSA) is 51.5 Å². The summed E-state index contributed by atoms with van der Waals surface area (Å²) >= 11 is 0. The molecule has 0 N–H and O–H groups in total. The van der Waals surface area contributed by atoms with Crippen molar-refractivity contribution in [3.8, 4) is 0 Å². The molecule has 1 saturated heterocycles. The Morgan fingerprint density at radius 3 is 2.65 bits per heavy atom. The Morgan fingerprint density at radius 2 is 2.00 bits per heavy atom. The summed E-state index contributed by atoms with van der Waals surface area (Å²) in [7, 11) is 3.30. The number of likely N-dealkylation sites (tertiary alicyclic amines) is 1. The maximum atomic E-state index is 13.2. The molecule has 1 aliphatic rings. The molecule has 0 aliphatic carbocycles. The number of carbonyl (C=O) groups excluding carboxylic acids is 1. The fourth-order valence-corrected chi connectivity index (χ4v) is 3.50. The smallest absolute Gasteiger partial charge is 0.254 e. The lowest BCUT2D eigenvalue weighted by Gasteiger charge is -2.41. The van der Waals surface area contributed by atoms with Crippen LogP contribution in [0.3, 0.4) is 0 Å². The van der Waals surface area contributed by atoms with E-state index in [0.29, 0.717) is 18.5 Å².